The second kappa shape index (κ2) is 8.44. The van der Waals surface area contributed by atoms with E-state index in [1.807, 2.05) is 67.3 Å². The Balaban J connectivity index is 1.69. The van der Waals surface area contributed by atoms with Crippen molar-refractivity contribution in [3.63, 3.8) is 0 Å². The van der Waals surface area contributed by atoms with Crippen LogP contribution in [0.5, 0.6) is 0 Å². The maximum Gasteiger partial charge on any atom is 0.324 e. The Hall–Kier alpha value is -2.53. The Labute approximate surface area is 164 Å². The van der Waals surface area contributed by atoms with Gasteiger partial charge in [-0.1, -0.05) is 37.6 Å². The van der Waals surface area contributed by atoms with Crippen LogP contribution in [0.2, 0.25) is 5.02 Å². The monoisotopic (exact) mass is 385 g/mol. The van der Waals surface area contributed by atoms with Crippen LogP contribution in [0, 0.1) is 5.92 Å². The van der Waals surface area contributed by atoms with Crippen molar-refractivity contribution in [2.45, 2.75) is 26.8 Å². The summed E-state index contributed by atoms with van der Waals surface area (Å²) in [5, 5.41) is 3.54. The topological polar surface area (TPSA) is 52.7 Å². The third-order valence-corrected chi connectivity index (χ3v) is 4.78. The summed E-state index contributed by atoms with van der Waals surface area (Å²) in [6.07, 6.45) is 0.901. The summed E-state index contributed by atoms with van der Waals surface area (Å²) in [6.45, 7) is 5.65. The van der Waals surface area contributed by atoms with Gasteiger partial charge in [-0.2, -0.15) is 0 Å². The molecule has 6 heteroatoms. The standard InChI is InChI=1S/C21H24ClN3O2/c1-15(2)20(26)23-18-7-9-19(10-8-18)25-12-4-11-24(21(25)27)14-16-5-3-6-17(22)13-16/h3,5-10,13,15H,4,11-12,14H2,1-2H3,(H,23,26). The minimum absolute atomic E-state index is 0.0137. The molecule has 0 bridgehead atoms. The molecule has 0 unspecified atom stereocenters. The average molecular weight is 386 g/mol. The number of nitrogens with one attached hydrogen (secondary N) is 1. The Morgan fingerprint density at radius 3 is 2.56 bits per heavy atom. The van der Waals surface area contributed by atoms with Crippen molar-refractivity contribution in [2.24, 2.45) is 5.92 Å². The average Bonchev–Trinajstić information content (AvgIpc) is 2.64. The van der Waals surface area contributed by atoms with Crippen molar-refractivity contribution in [3.05, 3.63) is 59.1 Å². The largest absolute Gasteiger partial charge is 0.326 e. The minimum Gasteiger partial charge on any atom is -0.326 e. The summed E-state index contributed by atoms with van der Waals surface area (Å²) >= 11 is 6.05. The fourth-order valence-corrected chi connectivity index (χ4v) is 3.25. The van der Waals surface area contributed by atoms with E-state index in [1.165, 1.54) is 0 Å². The number of amides is 3. The van der Waals surface area contributed by atoms with Gasteiger partial charge < -0.3 is 10.2 Å². The molecule has 0 radical (unpaired) electrons. The summed E-state index contributed by atoms with van der Waals surface area (Å²) in [5.41, 5.74) is 2.58. The first-order chi connectivity index (χ1) is 12.9. The lowest BCUT2D eigenvalue weighted by Gasteiger charge is -2.35. The van der Waals surface area contributed by atoms with E-state index in [1.54, 1.807) is 4.90 Å². The normalized spacial score (nSPS) is 14.6. The number of carbonyl (C=O) groups is 2. The molecule has 1 saturated heterocycles. The number of halogens is 1. The van der Waals surface area contributed by atoms with Gasteiger partial charge in [0, 0.05) is 41.9 Å². The lowest BCUT2D eigenvalue weighted by molar-refractivity contribution is -0.118. The van der Waals surface area contributed by atoms with E-state index in [9.17, 15) is 9.59 Å². The SMILES string of the molecule is CC(C)C(=O)Nc1ccc(N2CCCN(Cc3cccc(Cl)c3)C2=O)cc1. The van der Waals surface area contributed by atoms with Gasteiger partial charge in [0.15, 0.2) is 0 Å². The number of rotatable bonds is 5. The highest BCUT2D eigenvalue weighted by Crippen LogP contribution is 2.24. The van der Waals surface area contributed by atoms with Gasteiger partial charge >= 0.3 is 6.03 Å². The van der Waals surface area contributed by atoms with Crippen LogP contribution in [0.1, 0.15) is 25.8 Å². The third kappa shape index (κ3) is 4.80. The van der Waals surface area contributed by atoms with Crippen molar-refractivity contribution in [3.8, 4) is 0 Å². The van der Waals surface area contributed by atoms with E-state index in [0.717, 1.165) is 29.9 Å². The number of urea groups is 1. The summed E-state index contributed by atoms with van der Waals surface area (Å²) in [5.74, 6) is -0.0992. The van der Waals surface area contributed by atoms with Gasteiger partial charge in [0.05, 0.1) is 0 Å². The van der Waals surface area contributed by atoms with Crippen LogP contribution >= 0.6 is 11.6 Å². The molecule has 27 heavy (non-hydrogen) atoms. The predicted molar refractivity (Wildman–Crippen MR) is 109 cm³/mol. The number of hydrogen-bond donors (Lipinski definition) is 1. The fourth-order valence-electron chi connectivity index (χ4n) is 3.03. The van der Waals surface area contributed by atoms with E-state index < -0.39 is 0 Å². The highest BCUT2D eigenvalue weighted by Gasteiger charge is 2.26. The molecule has 1 heterocycles. The molecule has 1 N–H and O–H groups in total. The molecule has 3 amide bonds. The second-order valence-electron chi connectivity index (χ2n) is 7.03. The lowest BCUT2D eigenvalue weighted by atomic mass is 10.1. The molecule has 0 aromatic heterocycles. The lowest BCUT2D eigenvalue weighted by Crippen LogP contribution is -2.49. The molecule has 2 aromatic rings. The quantitative estimate of drug-likeness (QED) is 0.806. The first-order valence-electron chi connectivity index (χ1n) is 9.16. The Morgan fingerprint density at radius 1 is 1.15 bits per heavy atom. The van der Waals surface area contributed by atoms with E-state index >= 15 is 0 Å². The molecule has 0 aliphatic carbocycles. The van der Waals surface area contributed by atoms with Crippen LogP contribution in [0.3, 0.4) is 0 Å². The molecule has 0 atom stereocenters. The van der Waals surface area contributed by atoms with Gasteiger partial charge in [-0.15, -0.1) is 0 Å². The first-order valence-corrected chi connectivity index (χ1v) is 9.53. The maximum atomic E-state index is 12.9. The van der Waals surface area contributed by atoms with Crippen molar-refractivity contribution in [1.29, 1.82) is 0 Å². The summed E-state index contributed by atoms with van der Waals surface area (Å²) < 4.78 is 0. The Kier molecular flexibility index (Phi) is 6.01. The Bertz CT molecular complexity index is 820. The zero-order valence-electron chi connectivity index (χ0n) is 15.6. The van der Waals surface area contributed by atoms with E-state index in [2.05, 4.69) is 5.32 Å². The van der Waals surface area contributed by atoms with Crippen LogP contribution < -0.4 is 10.2 Å². The molecule has 0 spiro atoms. The fraction of sp³-hybridized carbons (Fsp3) is 0.333. The van der Waals surface area contributed by atoms with E-state index in [4.69, 9.17) is 11.6 Å². The van der Waals surface area contributed by atoms with Crippen LogP contribution in [0.4, 0.5) is 16.2 Å². The van der Waals surface area contributed by atoms with Crippen molar-refractivity contribution in [2.75, 3.05) is 23.3 Å². The molecule has 142 valence electrons. The van der Waals surface area contributed by atoms with Gasteiger partial charge in [-0.05, 0) is 48.4 Å². The molecule has 1 aliphatic rings. The molecular formula is C21H24ClN3O2. The van der Waals surface area contributed by atoms with Crippen molar-refractivity contribution < 1.29 is 9.59 Å². The third-order valence-electron chi connectivity index (χ3n) is 4.54. The van der Waals surface area contributed by atoms with Crippen LogP contribution in [0.25, 0.3) is 0 Å². The van der Waals surface area contributed by atoms with Gasteiger partial charge in [-0.3, -0.25) is 9.69 Å². The zero-order chi connectivity index (χ0) is 19.4. The number of anilines is 2. The molecule has 5 nitrogen and oxygen atoms in total. The number of nitrogens with zero attached hydrogens (tertiary/aromatic N) is 2. The number of benzene rings is 2. The summed E-state index contributed by atoms with van der Waals surface area (Å²) in [6, 6.07) is 15.0. The Morgan fingerprint density at radius 2 is 1.89 bits per heavy atom. The van der Waals surface area contributed by atoms with Crippen molar-refractivity contribution in [1.82, 2.24) is 4.90 Å². The molecule has 2 aromatic carbocycles. The van der Waals surface area contributed by atoms with Crippen LogP contribution in [0.15, 0.2) is 48.5 Å². The molecule has 1 fully saturated rings. The molecular weight excluding hydrogens is 362 g/mol. The van der Waals surface area contributed by atoms with E-state index in [-0.39, 0.29) is 17.9 Å². The second-order valence-corrected chi connectivity index (χ2v) is 7.47. The van der Waals surface area contributed by atoms with Gasteiger partial charge in [0.25, 0.3) is 0 Å². The smallest absolute Gasteiger partial charge is 0.324 e. The minimum atomic E-state index is -0.0756. The first kappa shape index (κ1) is 19.2. The summed E-state index contributed by atoms with van der Waals surface area (Å²) in [7, 11) is 0. The van der Waals surface area contributed by atoms with Gasteiger partial charge in [-0.25, -0.2) is 4.79 Å². The molecule has 0 saturated carbocycles. The number of carbonyl (C=O) groups excluding carboxylic acids is 2. The van der Waals surface area contributed by atoms with Crippen molar-refractivity contribution >= 4 is 34.9 Å². The molecule has 3 rings (SSSR count). The van der Waals surface area contributed by atoms with E-state index in [0.29, 0.717) is 18.1 Å². The summed E-state index contributed by atoms with van der Waals surface area (Å²) in [4.78, 5) is 28.3. The van der Waals surface area contributed by atoms with Crippen LogP contribution in [-0.4, -0.2) is 29.9 Å². The highest BCUT2D eigenvalue weighted by atomic mass is 35.5. The maximum absolute atomic E-state index is 12.9. The highest BCUT2D eigenvalue weighted by molar-refractivity contribution is 6.30. The zero-order valence-corrected chi connectivity index (χ0v) is 16.4. The van der Waals surface area contributed by atoms with Gasteiger partial charge in [0.2, 0.25) is 5.91 Å². The molecule has 1 aliphatic heterocycles. The predicted octanol–water partition coefficient (Wildman–Crippen LogP) is 4.77. The van der Waals surface area contributed by atoms with Gasteiger partial charge in [0.1, 0.15) is 0 Å². The number of hydrogen-bond acceptors (Lipinski definition) is 2. The van der Waals surface area contributed by atoms with Crippen LogP contribution in [-0.2, 0) is 11.3 Å².